The minimum Gasteiger partial charge on any atom is -0.472 e. The van der Waals surface area contributed by atoms with Crippen molar-refractivity contribution in [2.45, 2.75) is 52.6 Å². The standard InChI is InChI=1S/C14H24O2/c1-11(2)7-14(15,8-12(3)4)9-13-5-6-16-10-13/h5-6,10-12,15H,7-9H2,1-4H3. The van der Waals surface area contributed by atoms with Gasteiger partial charge in [-0.3, -0.25) is 0 Å². The molecule has 2 heteroatoms. The van der Waals surface area contributed by atoms with Gasteiger partial charge in [-0.2, -0.15) is 0 Å². The first-order valence-corrected chi connectivity index (χ1v) is 6.15. The van der Waals surface area contributed by atoms with E-state index in [1.165, 1.54) is 0 Å². The molecule has 2 nitrogen and oxygen atoms in total. The van der Waals surface area contributed by atoms with Crippen molar-refractivity contribution >= 4 is 0 Å². The van der Waals surface area contributed by atoms with Gasteiger partial charge in [0.25, 0.3) is 0 Å². The van der Waals surface area contributed by atoms with Crippen molar-refractivity contribution in [2.75, 3.05) is 0 Å². The van der Waals surface area contributed by atoms with E-state index in [1.807, 2.05) is 6.07 Å². The molecule has 0 saturated heterocycles. The fraction of sp³-hybridized carbons (Fsp3) is 0.714. The first-order valence-electron chi connectivity index (χ1n) is 6.15. The van der Waals surface area contributed by atoms with E-state index in [0.29, 0.717) is 18.3 Å². The van der Waals surface area contributed by atoms with Crippen molar-refractivity contribution in [3.05, 3.63) is 24.2 Å². The van der Waals surface area contributed by atoms with Gasteiger partial charge in [-0.15, -0.1) is 0 Å². The van der Waals surface area contributed by atoms with Crippen LogP contribution >= 0.6 is 0 Å². The SMILES string of the molecule is CC(C)CC(O)(Cc1ccoc1)CC(C)C. The minimum absolute atomic E-state index is 0.510. The van der Waals surface area contributed by atoms with Gasteiger partial charge in [-0.1, -0.05) is 27.7 Å². The first kappa shape index (κ1) is 13.3. The molecule has 1 heterocycles. The number of hydrogen-bond donors (Lipinski definition) is 1. The van der Waals surface area contributed by atoms with Crippen LogP contribution < -0.4 is 0 Å². The van der Waals surface area contributed by atoms with Crippen molar-refractivity contribution in [3.63, 3.8) is 0 Å². The maximum Gasteiger partial charge on any atom is 0.0935 e. The molecule has 0 saturated carbocycles. The third-order valence-electron chi connectivity index (χ3n) is 2.69. The largest absolute Gasteiger partial charge is 0.472 e. The molecule has 16 heavy (non-hydrogen) atoms. The topological polar surface area (TPSA) is 33.4 Å². The van der Waals surface area contributed by atoms with Gasteiger partial charge in [0.15, 0.2) is 0 Å². The highest BCUT2D eigenvalue weighted by atomic mass is 16.3. The van der Waals surface area contributed by atoms with Gasteiger partial charge in [0.2, 0.25) is 0 Å². The van der Waals surface area contributed by atoms with E-state index in [4.69, 9.17) is 4.42 Å². The van der Waals surface area contributed by atoms with Gasteiger partial charge < -0.3 is 9.52 Å². The zero-order valence-corrected chi connectivity index (χ0v) is 10.9. The van der Waals surface area contributed by atoms with Crippen LogP contribution in [-0.2, 0) is 6.42 Å². The van der Waals surface area contributed by atoms with E-state index in [-0.39, 0.29) is 0 Å². The molecule has 0 aliphatic carbocycles. The summed E-state index contributed by atoms with van der Waals surface area (Å²) < 4.78 is 5.06. The molecule has 1 rings (SSSR count). The van der Waals surface area contributed by atoms with Crippen LogP contribution in [-0.4, -0.2) is 10.7 Å². The number of hydrogen-bond acceptors (Lipinski definition) is 2. The number of rotatable bonds is 6. The van der Waals surface area contributed by atoms with Crippen molar-refractivity contribution in [1.82, 2.24) is 0 Å². The van der Waals surface area contributed by atoms with Crippen LogP contribution in [0.2, 0.25) is 0 Å². The van der Waals surface area contributed by atoms with Gasteiger partial charge >= 0.3 is 0 Å². The minimum atomic E-state index is -0.591. The molecule has 0 unspecified atom stereocenters. The maximum atomic E-state index is 10.7. The van der Waals surface area contributed by atoms with E-state index in [0.717, 1.165) is 18.4 Å². The summed E-state index contributed by atoms with van der Waals surface area (Å²) in [5.74, 6) is 1.02. The van der Waals surface area contributed by atoms with Gasteiger partial charge in [0.05, 0.1) is 18.1 Å². The molecule has 1 aromatic rings. The quantitative estimate of drug-likeness (QED) is 0.800. The summed E-state index contributed by atoms with van der Waals surface area (Å²) in [4.78, 5) is 0. The average molecular weight is 224 g/mol. The summed E-state index contributed by atoms with van der Waals surface area (Å²) in [5.41, 5.74) is 0.496. The van der Waals surface area contributed by atoms with Crippen LogP contribution in [0.3, 0.4) is 0 Å². The normalized spacial score (nSPS) is 12.7. The van der Waals surface area contributed by atoms with Crippen LogP contribution in [0, 0.1) is 11.8 Å². The lowest BCUT2D eigenvalue weighted by molar-refractivity contribution is 0.000631. The lowest BCUT2D eigenvalue weighted by Gasteiger charge is -2.31. The second-order valence-electron chi connectivity index (χ2n) is 5.73. The lowest BCUT2D eigenvalue weighted by Crippen LogP contribution is -2.34. The second kappa shape index (κ2) is 5.53. The first-order chi connectivity index (χ1) is 7.41. The molecule has 0 atom stereocenters. The van der Waals surface area contributed by atoms with E-state index in [9.17, 15) is 5.11 Å². The molecule has 0 aliphatic heterocycles. The van der Waals surface area contributed by atoms with E-state index in [2.05, 4.69) is 27.7 Å². The fourth-order valence-electron chi connectivity index (χ4n) is 2.52. The monoisotopic (exact) mass is 224 g/mol. The summed E-state index contributed by atoms with van der Waals surface area (Å²) in [7, 11) is 0. The van der Waals surface area contributed by atoms with E-state index in [1.54, 1.807) is 12.5 Å². The smallest absolute Gasteiger partial charge is 0.0935 e. The van der Waals surface area contributed by atoms with Crippen molar-refractivity contribution < 1.29 is 9.52 Å². The van der Waals surface area contributed by atoms with Crippen LogP contribution in [0.4, 0.5) is 0 Å². The Balaban J connectivity index is 2.69. The van der Waals surface area contributed by atoms with Crippen LogP contribution in [0.25, 0.3) is 0 Å². The van der Waals surface area contributed by atoms with Crippen LogP contribution in [0.5, 0.6) is 0 Å². The van der Waals surface area contributed by atoms with Gasteiger partial charge in [-0.05, 0) is 36.3 Å². The Morgan fingerprint density at radius 1 is 1.19 bits per heavy atom. The number of furan rings is 1. The third-order valence-corrected chi connectivity index (χ3v) is 2.69. The predicted octanol–water partition coefficient (Wildman–Crippen LogP) is 3.65. The molecule has 0 aliphatic rings. The third kappa shape index (κ3) is 4.40. The fourth-order valence-corrected chi connectivity index (χ4v) is 2.52. The summed E-state index contributed by atoms with van der Waals surface area (Å²) >= 11 is 0. The molecular formula is C14H24O2. The molecule has 0 radical (unpaired) electrons. The molecule has 92 valence electrons. The Bertz CT molecular complexity index is 276. The average Bonchev–Trinajstić information content (AvgIpc) is 2.51. The summed E-state index contributed by atoms with van der Waals surface area (Å²) in [6.45, 7) is 8.61. The number of aliphatic hydroxyl groups is 1. The van der Waals surface area contributed by atoms with E-state index < -0.39 is 5.60 Å². The summed E-state index contributed by atoms with van der Waals surface area (Å²) in [5, 5.41) is 10.7. The zero-order valence-electron chi connectivity index (χ0n) is 10.9. The van der Waals surface area contributed by atoms with Gasteiger partial charge in [0.1, 0.15) is 0 Å². The van der Waals surface area contributed by atoms with Gasteiger partial charge in [0, 0.05) is 6.42 Å². The lowest BCUT2D eigenvalue weighted by atomic mass is 9.81. The van der Waals surface area contributed by atoms with Crippen molar-refractivity contribution in [1.29, 1.82) is 0 Å². The molecule has 1 aromatic heterocycles. The molecule has 0 aromatic carbocycles. The highest BCUT2D eigenvalue weighted by molar-refractivity contribution is 5.09. The Labute approximate surface area is 98.7 Å². The van der Waals surface area contributed by atoms with Crippen LogP contribution in [0.1, 0.15) is 46.1 Å². The van der Waals surface area contributed by atoms with Crippen molar-refractivity contribution in [2.24, 2.45) is 11.8 Å². The highest BCUT2D eigenvalue weighted by Crippen LogP contribution is 2.28. The van der Waals surface area contributed by atoms with Gasteiger partial charge in [-0.25, -0.2) is 0 Å². The highest BCUT2D eigenvalue weighted by Gasteiger charge is 2.29. The maximum absolute atomic E-state index is 10.7. The second-order valence-corrected chi connectivity index (χ2v) is 5.73. The Kier molecular flexibility index (Phi) is 4.60. The summed E-state index contributed by atoms with van der Waals surface area (Å²) in [6, 6.07) is 1.94. The molecular weight excluding hydrogens is 200 g/mol. The zero-order chi connectivity index (χ0) is 12.2. The Morgan fingerprint density at radius 3 is 2.12 bits per heavy atom. The van der Waals surface area contributed by atoms with Crippen LogP contribution in [0.15, 0.2) is 23.0 Å². The Morgan fingerprint density at radius 2 is 1.75 bits per heavy atom. The Hall–Kier alpha value is -0.760. The molecule has 1 N–H and O–H groups in total. The molecule has 0 fully saturated rings. The van der Waals surface area contributed by atoms with Crippen molar-refractivity contribution in [3.8, 4) is 0 Å². The molecule has 0 bridgehead atoms. The molecule has 0 amide bonds. The molecule has 0 spiro atoms. The summed E-state index contributed by atoms with van der Waals surface area (Å²) in [6.07, 6.45) is 5.78. The predicted molar refractivity (Wildman–Crippen MR) is 66.3 cm³/mol. The van der Waals surface area contributed by atoms with E-state index >= 15 is 0 Å².